The Hall–Kier alpha value is -4.87. The summed E-state index contributed by atoms with van der Waals surface area (Å²) < 4.78 is 39.5. The van der Waals surface area contributed by atoms with Crippen molar-refractivity contribution in [2.45, 2.75) is 75.4 Å². The van der Waals surface area contributed by atoms with E-state index in [9.17, 15) is 28.1 Å². The van der Waals surface area contributed by atoms with E-state index >= 15 is 0 Å². The molecule has 5 atom stereocenters. The third-order valence-corrected chi connectivity index (χ3v) is 11.9. The van der Waals surface area contributed by atoms with Crippen molar-refractivity contribution in [3.05, 3.63) is 71.9 Å². The van der Waals surface area contributed by atoms with E-state index in [1.165, 1.54) is 24.3 Å². The van der Waals surface area contributed by atoms with Crippen molar-refractivity contribution in [1.82, 2.24) is 19.9 Å². The number of rotatable bonds is 12. The van der Waals surface area contributed by atoms with E-state index in [2.05, 4.69) is 33.0 Å². The highest BCUT2D eigenvalue weighted by Crippen LogP contribution is 2.46. The van der Waals surface area contributed by atoms with Crippen molar-refractivity contribution >= 4 is 55.8 Å². The summed E-state index contributed by atoms with van der Waals surface area (Å²) in [5, 5.41) is 16.5. The molecule has 2 aromatic carbocycles. The van der Waals surface area contributed by atoms with Crippen molar-refractivity contribution in [2.75, 3.05) is 19.0 Å². The topological polar surface area (TPSA) is 180 Å². The number of sulfonamides is 1. The quantitative estimate of drug-likeness (QED) is 0.226. The monoisotopic (exact) mass is 748 g/mol. The normalized spacial score (nSPS) is 23.2. The number of hydrogen-bond acceptors (Lipinski definition) is 10. The van der Waals surface area contributed by atoms with Crippen LogP contribution in [0.3, 0.4) is 0 Å². The number of amides is 3. The van der Waals surface area contributed by atoms with Gasteiger partial charge < -0.3 is 25.0 Å². The summed E-state index contributed by atoms with van der Waals surface area (Å²) >= 11 is 6.34. The molecule has 2 aliphatic carbocycles. The van der Waals surface area contributed by atoms with Gasteiger partial charge in [-0.25, -0.2) is 13.4 Å². The number of carbonyl (C=O) groups excluding carboxylic acids is 3. The fourth-order valence-corrected chi connectivity index (χ4v) is 8.13. The van der Waals surface area contributed by atoms with Crippen LogP contribution in [0, 0.1) is 22.7 Å². The number of carbonyl (C=O) groups is 3. The number of pyridine rings is 1. The van der Waals surface area contributed by atoms with E-state index in [4.69, 9.17) is 21.1 Å². The van der Waals surface area contributed by atoms with E-state index in [0.717, 1.165) is 0 Å². The van der Waals surface area contributed by atoms with Crippen molar-refractivity contribution < 1.29 is 32.3 Å². The van der Waals surface area contributed by atoms with Gasteiger partial charge in [-0.1, -0.05) is 38.4 Å². The van der Waals surface area contributed by atoms with Crippen LogP contribution in [-0.4, -0.2) is 78.7 Å². The van der Waals surface area contributed by atoms with Gasteiger partial charge in [0.15, 0.2) is 0 Å². The first-order chi connectivity index (χ1) is 24.6. The zero-order valence-electron chi connectivity index (χ0n) is 29.3. The summed E-state index contributed by atoms with van der Waals surface area (Å²) in [5.74, 6) is -1.63. The van der Waals surface area contributed by atoms with Gasteiger partial charge in [0.1, 0.15) is 29.5 Å². The number of aromatic nitrogens is 1. The number of fused-ring (bicyclic) bond motifs is 1. The molecule has 52 heavy (non-hydrogen) atoms. The molecule has 0 radical (unpaired) electrons. The van der Waals surface area contributed by atoms with Gasteiger partial charge in [0, 0.05) is 33.8 Å². The Morgan fingerprint density at radius 3 is 2.46 bits per heavy atom. The largest absolute Gasteiger partial charge is 0.494 e. The smallest absolute Gasteiger partial charge is 0.259 e. The van der Waals surface area contributed by atoms with E-state index in [-0.39, 0.29) is 25.3 Å². The summed E-state index contributed by atoms with van der Waals surface area (Å²) in [6.45, 7) is 9.44. The average Bonchev–Trinajstić information content (AvgIpc) is 4.03. The lowest BCUT2D eigenvalue weighted by Crippen LogP contribution is -2.58. The van der Waals surface area contributed by atoms with Crippen molar-refractivity contribution in [3.8, 4) is 17.7 Å². The van der Waals surface area contributed by atoms with Gasteiger partial charge in [-0.15, -0.1) is 6.58 Å². The lowest BCUT2D eigenvalue weighted by Gasteiger charge is -2.36. The van der Waals surface area contributed by atoms with Crippen LogP contribution in [0.25, 0.3) is 10.8 Å². The number of anilines is 1. The molecule has 13 nitrogen and oxygen atoms in total. The molecule has 0 unspecified atom stereocenters. The van der Waals surface area contributed by atoms with Gasteiger partial charge in [0.2, 0.25) is 27.7 Å². The minimum Gasteiger partial charge on any atom is -0.494 e. The maximum Gasteiger partial charge on any atom is 0.259 e. The molecule has 1 aliphatic heterocycles. The first-order valence-electron chi connectivity index (χ1n) is 17.0. The first-order valence-corrected chi connectivity index (χ1v) is 18.9. The summed E-state index contributed by atoms with van der Waals surface area (Å²) in [4.78, 5) is 48.3. The fraction of sp³-hybridized carbons (Fsp3) is 0.432. The van der Waals surface area contributed by atoms with Crippen LogP contribution in [0.15, 0.2) is 61.3 Å². The molecule has 274 valence electrons. The zero-order valence-corrected chi connectivity index (χ0v) is 30.9. The first kappa shape index (κ1) is 36.9. The molecule has 3 amide bonds. The third kappa shape index (κ3) is 7.38. The predicted molar refractivity (Wildman–Crippen MR) is 195 cm³/mol. The number of ether oxygens (including phenoxy) is 2. The molecule has 0 spiro atoms. The number of halogens is 1. The molecule has 3 fully saturated rings. The molecule has 2 heterocycles. The van der Waals surface area contributed by atoms with Crippen molar-refractivity contribution in [2.24, 2.45) is 11.3 Å². The van der Waals surface area contributed by atoms with Crippen molar-refractivity contribution in [3.63, 3.8) is 0 Å². The number of nitrogens with zero attached hydrogens (tertiary/aromatic N) is 3. The Labute approximate surface area is 307 Å². The number of nitriles is 1. The van der Waals surface area contributed by atoms with Crippen LogP contribution in [0.1, 0.15) is 52.0 Å². The molecule has 0 bridgehead atoms. The Balaban J connectivity index is 1.32. The fourth-order valence-electron chi connectivity index (χ4n) is 6.60. The number of benzene rings is 2. The minimum absolute atomic E-state index is 0.00549. The van der Waals surface area contributed by atoms with Crippen LogP contribution in [-0.2, 0) is 24.4 Å². The third-order valence-electron chi connectivity index (χ3n) is 9.81. The maximum atomic E-state index is 14.6. The van der Waals surface area contributed by atoms with Crippen LogP contribution in [0.4, 0.5) is 5.69 Å². The van der Waals surface area contributed by atoms with E-state index in [1.54, 1.807) is 42.5 Å². The van der Waals surface area contributed by atoms with E-state index < -0.39 is 68.1 Å². The Morgan fingerprint density at radius 1 is 1.15 bits per heavy atom. The number of methoxy groups -OCH3 is 1. The second-order valence-corrected chi connectivity index (χ2v) is 17.0. The maximum absolute atomic E-state index is 14.6. The summed E-state index contributed by atoms with van der Waals surface area (Å²) in [6.07, 6.45) is 3.43. The van der Waals surface area contributed by atoms with E-state index in [0.29, 0.717) is 45.6 Å². The van der Waals surface area contributed by atoms with Gasteiger partial charge in [0.05, 0.1) is 36.7 Å². The van der Waals surface area contributed by atoms with Gasteiger partial charge in [-0.2, -0.15) is 5.26 Å². The Kier molecular flexibility index (Phi) is 9.89. The number of hydrogen-bond donors (Lipinski definition) is 3. The van der Waals surface area contributed by atoms with Crippen LogP contribution < -0.4 is 24.8 Å². The molecule has 15 heteroatoms. The summed E-state index contributed by atoms with van der Waals surface area (Å²) in [5.41, 5.74) is -1.13. The van der Waals surface area contributed by atoms with Crippen LogP contribution in [0.5, 0.6) is 11.6 Å². The molecule has 3 N–H and O–H groups in total. The highest BCUT2D eigenvalue weighted by atomic mass is 35.5. The standard InChI is InChI=1S/C37H41ClN6O7S/c1-6-22-17-37(22,35(47)43-52(48,49)26-12-13-26)42-32(45)29-16-25(51-33-28-15-23(38)9-14-27(28)30(50-5)19-40-33)20-44(29)34(46)31(36(2,3)4)41-24-10-7-21(18-39)8-11-24/h6-11,14-15,19,22,25-26,29,31,41H,1,12-13,16-17,20H2,2-5H3,(H,42,45)(H,43,47)/t22-,25-,29+,31-,37-/m1/s1. The van der Waals surface area contributed by atoms with Gasteiger partial charge in [0.25, 0.3) is 5.91 Å². The molecule has 6 rings (SSSR count). The van der Waals surface area contributed by atoms with Gasteiger partial charge in [-0.05, 0) is 67.1 Å². The number of likely N-dealkylation sites (tertiary alicyclic amines) is 1. The molecular formula is C37H41ClN6O7S. The van der Waals surface area contributed by atoms with Gasteiger partial charge in [-0.3, -0.25) is 19.1 Å². The summed E-state index contributed by atoms with van der Waals surface area (Å²) in [7, 11) is -2.37. The second kappa shape index (κ2) is 13.9. The van der Waals surface area contributed by atoms with Gasteiger partial charge >= 0.3 is 0 Å². The number of nitrogens with one attached hydrogen (secondary N) is 3. The Morgan fingerprint density at radius 2 is 1.87 bits per heavy atom. The molecule has 3 aliphatic rings. The van der Waals surface area contributed by atoms with Crippen LogP contribution in [0.2, 0.25) is 5.02 Å². The average molecular weight is 749 g/mol. The molecular weight excluding hydrogens is 708 g/mol. The second-order valence-electron chi connectivity index (χ2n) is 14.6. The van der Waals surface area contributed by atoms with E-state index in [1.807, 2.05) is 20.8 Å². The highest BCUT2D eigenvalue weighted by Gasteiger charge is 2.62. The lowest BCUT2D eigenvalue weighted by atomic mass is 9.85. The highest BCUT2D eigenvalue weighted by molar-refractivity contribution is 7.91. The molecule has 2 saturated carbocycles. The lowest BCUT2D eigenvalue weighted by molar-refractivity contribution is -0.141. The molecule has 1 aromatic heterocycles. The van der Waals surface area contributed by atoms with Crippen molar-refractivity contribution in [1.29, 1.82) is 5.26 Å². The minimum atomic E-state index is -3.89. The summed E-state index contributed by atoms with van der Waals surface area (Å²) in [6, 6.07) is 12.0. The predicted octanol–water partition coefficient (Wildman–Crippen LogP) is 4.31. The SMILES string of the molecule is C=C[C@@H]1C[C@]1(NC(=O)[C@@H]1C[C@@H](Oc2ncc(OC)c3ccc(Cl)cc23)CN1C(=O)[C@@H](Nc1ccc(C#N)cc1)C(C)(C)C)C(=O)NS(=O)(=O)C1CC1. The zero-order chi connectivity index (χ0) is 37.6. The molecule has 3 aromatic rings. The Bertz CT molecular complexity index is 2080. The molecule has 1 saturated heterocycles. The van der Waals surface area contributed by atoms with Crippen LogP contribution >= 0.6 is 11.6 Å².